The minimum Gasteiger partial charge on any atom is -0.491 e. The molecule has 0 aliphatic rings. The van der Waals surface area contributed by atoms with Crippen LogP contribution in [0.1, 0.15) is 17.3 Å². The Morgan fingerprint density at radius 2 is 2.00 bits per heavy atom. The third kappa shape index (κ3) is 3.78. The van der Waals surface area contributed by atoms with Gasteiger partial charge in [0.25, 0.3) is 5.91 Å². The van der Waals surface area contributed by atoms with Crippen LogP contribution in [0.2, 0.25) is 0 Å². The Balaban J connectivity index is 2.17. The third-order valence-electron chi connectivity index (χ3n) is 2.67. The Hall–Kier alpha value is -1.95. The van der Waals surface area contributed by atoms with E-state index in [0.29, 0.717) is 11.1 Å². The summed E-state index contributed by atoms with van der Waals surface area (Å²) in [6.07, 6.45) is 0. The summed E-state index contributed by atoms with van der Waals surface area (Å²) in [6, 6.07) is 7.85. The van der Waals surface area contributed by atoms with Crippen molar-refractivity contribution in [1.82, 2.24) is 0 Å². The van der Waals surface area contributed by atoms with Crippen LogP contribution in [0, 0.1) is 11.6 Å². The van der Waals surface area contributed by atoms with E-state index in [0.717, 1.165) is 0 Å². The van der Waals surface area contributed by atoms with Crippen LogP contribution in [-0.2, 0) is 0 Å². The van der Waals surface area contributed by atoms with Gasteiger partial charge >= 0.3 is 0 Å². The van der Waals surface area contributed by atoms with E-state index < -0.39 is 17.5 Å². The highest BCUT2D eigenvalue weighted by Crippen LogP contribution is 2.23. The van der Waals surface area contributed by atoms with Crippen molar-refractivity contribution >= 4 is 27.5 Å². The van der Waals surface area contributed by atoms with Crippen LogP contribution >= 0.6 is 15.9 Å². The standard InChI is InChI=1S/C15H12BrF2NO2/c1-2-21-14-6-4-10(8-13(14)18)19-15(20)11-5-3-9(17)7-12(11)16/h3-8H,2H2,1H3,(H,19,20). The molecule has 2 aromatic carbocycles. The van der Waals surface area contributed by atoms with Gasteiger partial charge in [0.2, 0.25) is 0 Å². The minimum absolute atomic E-state index is 0.124. The maximum atomic E-state index is 13.7. The molecule has 0 aliphatic carbocycles. The molecule has 0 heterocycles. The van der Waals surface area contributed by atoms with Gasteiger partial charge in [-0.1, -0.05) is 0 Å². The average molecular weight is 356 g/mol. The van der Waals surface area contributed by atoms with Gasteiger partial charge in [0.1, 0.15) is 5.82 Å². The number of rotatable bonds is 4. The number of amides is 1. The van der Waals surface area contributed by atoms with Gasteiger partial charge in [-0.3, -0.25) is 4.79 Å². The number of halogens is 3. The van der Waals surface area contributed by atoms with Crippen LogP contribution in [0.4, 0.5) is 14.5 Å². The topological polar surface area (TPSA) is 38.3 Å². The van der Waals surface area contributed by atoms with E-state index in [-0.39, 0.29) is 17.0 Å². The molecule has 0 unspecified atom stereocenters. The molecule has 1 N–H and O–H groups in total. The monoisotopic (exact) mass is 355 g/mol. The second kappa shape index (κ2) is 6.67. The summed E-state index contributed by atoms with van der Waals surface area (Å²) in [5.41, 5.74) is 0.544. The fourth-order valence-electron chi connectivity index (χ4n) is 1.72. The van der Waals surface area contributed by atoms with Crippen LogP contribution in [-0.4, -0.2) is 12.5 Å². The highest BCUT2D eigenvalue weighted by Gasteiger charge is 2.12. The van der Waals surface area contributed by atoms with Crippen LogP contribution < -0.4 is 10.1 Å². The molecule has 0 fully saturated rings. The first-order chi connectivity index (χ1) is 10.0. The molecule has 2 rings (SSSR count). The van der Waals surface area contributed by atoms with Gasteiger partial charge in [0, 0.05) is 16.2 Å². The summed E-state index contributed by atoms with van der Waals surface area (Å²) < 4.78 is 32.1. The Morgan fingerprint density at radius 3 is 2.62 bits per heavy atom. The average Bonchev–Trinajstić information content (AvgIpc) is 2.41. The SMILES string of the molecule is CCOc1ccc(NC(=O)c2ccc(F)cc2Br)cc1F. The predicted octanol–water partition coefficient (Wildman–Crippen LogP) is 4.38. The van der Waals surface area contributed by atoms with Gasteiger partial charge in [0.05, 0.1) is 12.2 Å². The Labute approximate surface area is 129 Å². The number of anilines is 1. The number of ether oxygens (including phenoxy) is 1. The number of carbonyl (C=O) groups is 1. The molecule has 2 aromatic rings. The van der Waals surface area contributed by atoms with Crippen molar-refractivity contribution in [3.8, 4) is 5.75 Å². The molecule has 0 aliphatic heterocycles. The van der Waals surface area contributed by atoms with Crippen molar-refractivity contribution in [2.24, 2.45) is 0 Å². The van der Waals surface area contributed by atoms with Gasteiger partial charge in [-0.05, 0) is 53.2 Å². The zero-order chi connectivity index (χ0) is 15.4. The minimum atomic E-state index is -0.562. The first kappa shape index (κ1) is 15.4. The van der Waals surface area contributed by atoms with Crippen molar-refractivity contribution in [2.45, 2.75) is 6.92 Å². The number of hydrogen-bond donors (Lipinski definition) is 1. The van der Waals surface area contributed by atoms with Gasteiger partial charge in [0.15, 0.2) is 11.6 Å². The summed E-state index contributed by atoms with van der Waals surface area (Å²) in [6.45, 7) is 2.10. The molecule has 0 aromatic heterocycles. The summed E-state index contributed by atoms with van der Waals surface area (Å²) in [4.78, 5) is 12.1. The molecule has 21 heavy (non-hydrogen) atoms. The van der Waals surface area contributed by atoms with Crippen LogP contribution in [0.15, 0.2) is 40.9 Å². The summed E-state index contributed by atoms with van der Waals surface area (Å²) in [7, 11) is 0. The molecule has 0 bridgehead atoms. The molecule has 110 valence electrons. The lowest BCUT2D eigenvalue weighted by Crippen LogP contribution is -2.13. The Bertz CT molecular complexity index is 677. The third-order valence-corrected chi connectivity index (χ3v) is 3.32. The second-order valence-electron chi connectivity index (χ2n) is 4.16. The number of nitrogens with one attached hydrogen (secondary N) is 1. The molecule has 0 saturated carbocycles. The van der Waals surface area contributed by atoms with Crippen molar-refractivity contribution in [2.75, 3.05) is 11.9 Å². The van der Waals surface area contributed by atoms with Gasteiger partial charge in [-0.25, -0.2) is 8.78 Å². The number of benzene rings is 2. The molecular formula is C15H12BrF2NO2. The highest BCUT2D eigenvalue weighted by molar-refractivity contribution is 9.10. The number of hydrogen-bond acceptors (Lipinski definition) is 2. The second-order valence-corrected chi connectivity index (χ2v) is 5.01. The molecule has 0 atom stereocenters. The smallest absolute Gasteiger partial charge is 0.256 e. The first-order valence-electron chi connectivity index (χ1n) is 6.20. The molecule has 0 spiro atoms. The van der Waals surface area contributed by atoms with Crippen LogP contribution in [0.25, 0.3) is 0 Å². The summed E-state index contributed by atoms with van der Waals surface area (Å²) in [5, 5.41) is 2.54. The molecule has 0 saturated heterocycles. The molecule has 3 nitrogen and oxygen atoms in total. The largest absolute Gasteiger partial charge is 0.491 e. The zero-order valence-electron chi connectivity index (χ0n) is 11.1. The molecule has 0 radical (unpaired) electrons. The van der Waals surface area contributed by atoms with Crippen molar-refractivity contribution < 1.29 is 18.3 Å². The summed E-state index contributed by atoms with van der Waals surface area (Å²) in [5.74, 6) is -1.36. The fraction of sp³-hybridized carbons (Fsp3) is 0.133. The van der Waals surface area contributed by atoms with Gasteiger partial charge < -0.3 is 10.1 Å². The van der Waals surface area contributed by atoms with Gasteiger partial charge in [-0.15, -0.1) is 0 Å². The van der Waals surface area contributed by atoms with E-state index in [1.165, 1.54) is 36.4 Å². The van der Waals surface area contributed by atoms with E-state index >= 15 is 0 Å². The first-order valence-corrected chi connectivity index (χ1v) is 6.99. The molecular weight excluding hydrogens is 344 g/mol. The Morgan fingerprint density at radius 1 is 1.24 bits per heavy atom. The maximum Gasteiger partial charge on any atom is 0.256 e. The normalized spacial score (nSPS) is 10.3. The van der Waals surface area contributed by atoms with Crippen molar-refractivity contribution in [3.05, 3.63) is 58.1 Å². The highest BCUT2D eigenvalue weighted by atomic mass is 79.9. The fourth-order valence-corrected chi connectivity index (χ4v) is 2.25. The molecule has 6 heteroatoms. The zero-order valence-corrected chi connectivity index (χ0v) is 12.7. The van der Waals surface area contributed by atoms with Gasteiger partial charge in [-0.2, -0.15) is 0 Å². The lowest BCUT2D eigenvalue weighted by Gasteiger charge is -2.09. The Kier molecular flexibility index (Phi) is 4.90. The van der Waals surface area contributed by atoms with Crippen LogP contribution in [0.5, 0.6) is 5.75 Å². The van der Waals surface area contributed by atoms with E-state index in [9.17, 15) is 13.6 Å². The van der Waals surface area contributed by atoms with E-state index in [1.807, 2.05) is 0 Å². The predicted molar refractivity (Wildman–Crippen MR) is 79.6 cm³/mol. The van der Waals surface area contributed by atoms with E-state index in [4.69, 9.17) is 4.74 Å². The lowest BCUT2D eigenvalue weighted by molar-refractivity contribution is 0.102. The number of carbonyl (C=O) groups excluding carboxylic acids is 1. The van der Waals surface area contributed by atoms with Crippen molar-refractivity contribution in [3.63, 3.8) is 0 Å². The summed E-state index contributed by atoms with van der Waals surface area (Å²) >= 11 is 3.11. The van der Waals surface area contributed by atoms with Crippen molar-refractivity contribution in [1.29, 1.82) is 0 Å². The van der Waals surface area contributed by atoms with Crippen LogP contribution in [0.3, 0.4) is 0 Å². The van der Waals surface area contributed by atoms with E-state index in [2.05, 4.69) is 21.2 Å². The maximum absolute atomic E-state index is 13.7. The quantitative estimate of drug-likeness (QED) is 0.883. The molecule has 1 amide bonds. The lowest BCUT2D eigenvalue weighted by atomic mass is 10.2. The van der Waals surface area contributed by atoms with E-state index in [1.54, 1.807) is 6.92 Å².